The van der Waals surface area contributed by atoms with Crippen LogP contribution in [0.1, 0.15) is 57.7 Å². The van der Waals surface area contributed by atoms with Crippen LogP contribution in [-0.4, -0.2) is 47.4 Å². The number of nitrogens with zero attached hydrogens (tertiary/aromatic N) is 3. The first-order valence-electron chi connectivity index (χ1n) is 8.70. The molecule has 4 nitrogen and oxygen atoms in total. The lowest BCUT2D eigenvalue weighted by molar-refractivity contribution is 0.282. The Morgan fingerprint density at radius 3 is 2.67 bits per heavy atom. The zero-order chi connectivity index (χ0) is 15.1. The van der Waals surface area contributed by atoms with Gasteiger partial charge in [0.15, 0.2) is 0 Å². The number of aromatic nitrogens is 2. The lowest BCUT2D eigenvalue weighted by Gasteiger charge is -2.22. The third kappa shape index (κ3) is 4.82. The average Bonchev–Trinajstić information content (AvgIpc) is 3.18. The maximum absolute atomic E-state index is 4.81. The normalized spacial score (nSPS) is 17.7. The van der Waals surface area contributed by atoms with Crippen LogP contribution in [0.5, 0.6) is 0 Å². The molecule has 1 aromatic rings. The summed E-state index contributed by atoms with van der Waals surface area (Å²) in [7, 11) is 2.07. The molecule has 0 spiro atoms. The molecule has 0 aliphatic heterocycles. The van der Waals surface area contributed by atoms with Crippen LogP contribution in [-0.2, 0) is 6.42 Å². The van der Waals surface area contributed by atoms with Gasteiger partial charge in [0.2, 0.25) is 0 Å². The Hall–Kier alpha value is -0.870. The Balaban J connectivity index is 1.83. The van der Waals surface area contributed by atoms with Gasteiger partial charge in [-0.3, -0.25) is 4.68 Å². The average molecular weight is 292 g/mol. The smallest absolute Gasteiger partial charge is 0.0640 e. The fourth-order valence-electron chi connectivity index (χ4n) is 3.34. The van der Waals surface area contributed by atoms with Gasteiger partial charge in [0.25, 0.3) is 0 Å². The summed E-state index contributed by atoms with van der Waals surface area (Å²) in [4.78, 5) is 2.49. The molecule has 120 valence electrons. The molecule has 1 fully saturated rings. The first-order valence-corrected chi connectivity index (χ1v) is 8.70. The van der Waals surface area contributed by atoms with Crippen molar-refractivity contribution in [3.8, 4) is 0 Å². The highest BCUT2D eigenvalue weighted by atomic mass is 15.3. The number of hydrogen-bond acceptors (Lipinski definition) is 3. The molecule has 0 bridgehead atoms. The van der Waals surface area contributed by atoms with E-state index in [0.29, 0.717) is 12.1 Å². The predicted molar refractivity (Wildman–Crippen MR) is 88.7 cm³/mol. The molecule has 0 amide bonds. The van der Waals surface area contributed by atoms with E-state index in [0.717, 1.165) is 19.5 Å². The molecule has 21 heavy (non-hydrogen) atoms. The lowest BCUT2D eigenvalue weighted by Crippen LogP contribution is -2.34. The monoisotopic (exact) mass is 292 g/mol. The highest BCUT2D eigenvalue weighted by Crippen LogP contribution is 2.28. The molecule has 4 heteroatoms. The third-order valence-corrected chi connectivity index (χ3v) is 4.91. The van der Waals surface area contributed by atoms with Gasteiger partial charge < -0.3 is 10.2 Å². The van der Waals surface area contributed by atoms with Crippen LogP contribution in [0.4, 0.5) is 0 Å². The minimum absolute atomic E-state index is 0.525. The van der Waals surface area contributed by atoms with Gasteiger partial charge in [0, 0.05) is 18.7 Å². The van der Waals surface area contributed by atoms with Crippen molar-refractivity contribution in [2.45, 2.75) is 64.5 Å². The Morgan fingerprint density at radius 1 is 1.33 bits per heavy atom. The van der Waals surface area contributed by atoms with E-state index in [1.165, 1.54) is 44.3 Å². The van der Waals surface area contributed by atoms with Crippen molar-refractivity contribution in [2.75, 3.05) is 26.7 Å². The topological polar surface area (TPSA) is 33.1 Å². The van der Waals surface area contributed by atoms with Crippen molar-refractivity contribution in [3.05, 3.63) is 18.0 Å². The van der Waals surface area contributed by atoms with Gasteiger partial charge in [-0.05, 0) is 52.0 Å². The van der Waals surface area contributed by atoms with E-state index in [1.54, 1.807) is 0 Å². The van der Waals surface area contributed by atoms with Crippen molar-refractivity contribution in [1.82, 2.24) is 20.0 Å². The van der Waals surface area contributed by atoms with Crippen LogP contribution in [0.15, 0.2) is 12.3 Å². The second kappa shape index (κ2) is 8.54. The molecule has 0 aromatic carbocycles. The number of hydrogen-bond donors (Lipinski definition) is 1. The molecule has 0 radical (unpaired) electrons. The molecule has 0 saturated heterocycles. The summed E-state index contributed by atoms with van der Waals surface area (Å²) in [5.74, 6) is 0. The molecule has 2 rings (SSSR count). The fraction of sp³-hybridized carbons (Fsp3) is 0.824. The zero-order valence-corrected chi connectivity index (χ0v) is 14.0. The maximum Gasteiger partial charge on any atom is 0.0640 e. The molecule has 1 heterocycles. The van der Waals surface area contributed by atoms with E-state index in [2.05, 4.69) is 48.1 Å². The van der Waals surface area contributed by atoms with Gasteiger partial charge in [-0.25, -0.2) is 0 Å². The van der Waals surface area contributed by atoms with Crippen LogP contribution in [0.25, 0.3) is 0 Å². The molecule has 1 N–H and O–H groups in total. The van der Waals surface area contributed by atoms with Crippen LogP contribution < -0.4 is 5.32 Å². The number of nitrogens with one attached hydrogen (secondary N) is 1. The van der Waals surface area contributed by atoms with Crippen molar-refractivity contribution >= 4 is 0 Å². The van der Waals surface area contributed by atoms with Gasteiger partial charge in [-0.2, -0.15) is 5.10 Å². The summed E-state index contributed by atoms with van der Waals surface area (Å²) in [5, 5.41) is 8.27. The Kier molecular flexibility index (Phi) is 6.71. The summed E-state index contributed by atoms with van der Waals surface area (Å²) >= 11 is 0. The van der Waals surface area contributed by atoms with Crippen LogP contribution in [0.2, 0.25) is 0 Å². The van der Waals surface area contributed by atoms with Gasteiger partial charge in [0.1, 0.15) is 0 Å². The Labute approximate surface area is 129 Å². The summed E-state index contributed by atoms with van der Waals surface area (Å²) in [6, 6.07) is 3.39. The standard InChI is InChI=1S/C17H32N4/c1-4-20(5-2)12-10-15(18-3)14-16-11-13-21(19-16)17-8-6-7-9-17/h11,13,15,17-18H,4-10,12,14H2,1-3H3. The lowest BCUT2D eigenvalue weighted by atomic mass is 10.1. The van der Waals surface area contributed by atoms with E-state index in [1.807, 2.05) is 0 Å². The summed E-state index contributed by atoms with van der Waals surface area (Å²) in [6.45, 7) is 7.93. The van der Waals surface area contributed by atoms with Crippen molar-refractivity contribution < 1.29 is 0 Å². The van der Waals surface area contributed by atoms with E-state index in [9.17, 15) is 0 Å². The van der Waals surface area contributed by atoms with E-state index >= 15 is 0 Å². The molecule has 1 aromatic heterocycles. The minimum atomic E-state index is 0.525. The second-order valence-electron chi connectivity index (χ2n) is 6.23. The fourth-order valence-corrected chi connectivity index (χ4v) is 3.34. The van der Waals surface area contributed by atoms with Crippen molar-refractivity contribution in [3.63, 3.8) is 0 Å². The molecule has 1 aliphatic rings. The quantitative estimate of drug-likeness (QED) is 0.760. The van der Waals surface area contributed by atoms with Gasteiger partial charge in [-0.15, -0.1) is 0 Å². The maximum atomic E-state index is 4.81. The minimum Gasteiger partial charge on any atom is -0.317 e. The SMILES string of the molecule is CCN(CC)CCC(Cc1ccn(C2CCCC2)n1)NC. The Bertz CT molecular complexity index is 391. The van der Waals surface area contributed by atoms with Gasteiger partial charge in [0.05, 0.1) is 11.7 Å². The van der Waals surface area contributed by atoms with E-state index in [-0.39, 0.29) is 0 Å². The van der Waals surface area contributed by atoms with E-state index in [4.69, 9.17) is 5.10 Å². The highest BCUT2D eigenvalue weighted by Gasteiger charge is 2.18. The summed E-state index contributed by atoms with van der Waals surface area (Å²) < 4.78 is 2.21. The van der Waals surface area contributed by atoms with Crippen molar-refractivity contribution in [2.24, 2.45) is 0 Å². The molecular weight excluding hydrogens is 260 g/mol. The van der Waals surface area contributed by atoms with Crippen LogP contribution >= 0.6 is 0 Å². The second-order valence-corrected chi connectivity index (χ2v) is 6.23. The summed E-state index contributed by atoms with van der Waals surface area (Å²) in [5.41, 5.74) is 1.24. The molecule has 1 aliphatic carbocycles. The molecule has 1 atom stereocenters. The largest absolute Gasteiger partial charge is 0.317 e. The van der Waals surface area contributed by atoms with Crippen LogP contribution in [0.3, 0.4) is 0 Å². The molecule has 1 unspecified atom stereocenters. The predicted octanol–water partition coefficient (Wildman–Crippen LogP) is 2.86. The highest BCUT2D eigenvalue weighted by molar-refractivity contribution is 5.02. The van der Waals surface area contributed by atoms with Gasteiger partial charge >= 0.3 is 0 Å². The molecular formula is C17H32N4. The van der Waals surface area contributed by atoms with Gasteiger partial charge in [-0.1, -0.05) is 26.7 Å². The van der Waals surface area contributed by atoms with Crippen molar-refractivity contribution in [1.29, 1.82) is 0 Å². The third-order valence-electron chi connectivity index (χ3n) is 4.91. The zero-order valence-electron chi connectivity index (χ0n) is 14.0. The van der Waals surface area contributed by atoms with E-state index < -0.39 is 0 Å². The Morgan fingerprint density at radius 2 is 2.05 bits per heavy atom. The van der Waals surface area contributed by atoms with Crippen LogP contribution in [0, 0.1) is 0 Å². The summed E-state index contributed by atoms with van der Waals surface area (Å²) in [6.07, 6.45) is 9.75. The first kappa shape index (κ1) is 16.5. The number of likely N-dealkylation sites (N-methyl/N-ethyl adjacent to an activating group) is 1. The molecule has 1 saturated carbocycles. The number of rotatable bonds is 9. The first-order chi connectivity index (χ1) is 10.3.